The molecule has 0 N–H and O–H groups in total. The lowest BCUT2D eigenvalue weighted by Crippen LogP contribution is -2.48. The first-order chi connectivity index (χ1) is 13.8. The second-order valence-corrected chi connectivity index (χ2v) is 7.85. The molecule has 1 heterocycles. The number of allylic oxidation sites excluding steroid dienone is 1. The molecule has 0 bridgehead atoms. The molecule has 4 atom stereocenters. The fraction of sp³-hybridized carbons (Fsp3) is 0.455. The van der Waals surface area contributed by atoms with Gasteiger partial charge in [-0.3, -0.25) is 14.6 Å². The van der Waals surface area contributed by atoms with E-state index in [-0.39, 0.29) is 18.3 Å². The van der Waals surface area contributed by atoms with Crippen molar-refractivity contribution in [3.8, 4) is 0 Å². The second-order valence-electron chi connectivity index (χ2n) is 7.41. The van der Waals surface area contributed by atoms with Crippen molar-refractivity contribution in [2.75, 3.05) is 13.7 Å². The lowest BCUT2D eigenvalue weighted by Gasteiger charge is -2.40. The number of rotatable bonds is 4. The average molecular weight is 418 g/mol. The number of benzene rings is 1. The molecular formula is C22H24ClNO5. The number of aliphatic imine (C=N–C) groups is 1. The molecule has 7 heteroatoms. The predicted octanol–water partition coefficient (Wildman–Crippen LogP) is 3.73. The quantitative estimate of drug-likeness (QED) is 0.550. The van der Waals surface area contributed by atoms with Crippen LogP contribution in [0.2, 0.25) is 5.02 Å². The largest absolute Gasteiger partial charge is 0.468 e. The lowest BCUT2D eigenvalue weighted by atomic mass is 9.64. The van der Waals surface area contributed by atoms with E-state index in [9.17, 15) is 14.4 Å². The van der Waals surface area contributed by atoms with Crippen LogP contribution in [0.4, 0.5) is 0 Å². The fourth-order valence-corrected chi connectivity index (χ4v) is 4.47. The fourth-order valence-electron chi connectivity index (χ4n) is 4.34. The van der Waals surface area contributed by atoms with Gasteiger partial charge in [0, 0.05) is 22.3 Å². The number of fused-ring (bicyclic) bond motifs is 1. The van der Waals surface area contributed by atoms with Crippen molar-refractivity contribution >= 4 is 35.0 Å². The van der Waals surface area contributed by atoms with Crippen molar-refractivity contribution in [3.63, 3.8) is 0 Å². The van der Waals surface area contributed by atoms with E-state index >= 15 is 0 Å². The van der Waals surface area contributed by atoms with E-state index in [1.165, 1.54) is 7.11 Å². The van der Waals surface area contributed by atoms with Crippen molar-refractivity contribution in [1.82, 2.24) is 0 Å². The summed E-state index contributed by atoms with van der Waals surface area (Å²) in [4.78, 5) is 43.2. The van der Waals surface area contributed by atoms with Gasteiger partial charge in [-0.05, 0) is 43.9 Å². The van der Waals surface area contributed by atoms with Gasteiger partial charge in [-0.15, -0.1) is 0 Å². The Hall–Kier alpha value is -2.47. The summed E-state index contributed by atoms with van der Waals surface area (Å²) in [5.41, 5.74) is 2.31. The maximum atomic E-state index is 13.5. The van der Waals surface area contributed by atoms with Gasteiger partial charge in [0.15, 0.2) is 5.78 Å². The molecule has 0 radical (unpaired) electrons. The molecule has 2 aliphatic rings. The standard InChI is InChI=1S/C22H24ClNO5/c1-5-29-22(27)17-12(3)24-15-10-11(2)16(21(26)28-4)20(25)19(15)18(17)13-6-8-14(23)9-7-13/h6-9,11,16,18-19H,5,10H2,1-4H3/t11-,16-,18-,19+/m1/s1. The van der Waals surface area contributed by atoms with Crippen LogP contribution in [0.5, 0.6) is 0 Å². The topological polar surface area (TPSA) is 82.0 Å². The first-order valence-electron chi connectivity index (χ1n) is 9.62. The molecule has 6 nitrogen and oxygen atoms in total. The van der Waals surface area contributed by atoms with E-state index < -0.39 is 29.7 Å². The highest BCUT2D eigenvalue weighted by Gasteiger charge is 2.51. The number of methoxy groups -OCH3 is 1. The second kappa shape index (κ2) is 8.49. The van der Waals surface area contributed by atoms with Crippen LogP contribution < -0.4 is 0 Å². The van der Waals surface area contributed by atoms with E-state index in [0.717, 1.165) is 5.56 Å². The van der Waals surface area contributed by atoms with Crippen LogP contribution in [0.15, 0.2) is 40.5 Å². The monoisotopic (exact) mass is 417 g/mol. The van der Waals surface area contributed by atoms with Crippen LogP contribution >= 0.6 is 11.6 Å². The number of halogens is 1. The molecule has 154 valence electrons. The van der Waals surface area contributed by atoms with Crippen LogP contribution in [0.25, 0.3) is 0 Å². The number of carbonyl (C=O) groups is 3. The van der Waals surface area contributed by atoms with Gasteiger partial charge in [-0.1, -0.05) is 30.7 Å². The SMILES string of the molecule is CCOC(=O)C1=C(C)N=C2C[C@@H](C)[C@@H](C(=O)OC)C(=O)[C@@H]2[C@@H]1c1ccc(Cl)cc1. The summed E-state index contributed by atoms with van der Waals surface area (Å²) in [6.45, 7) is 5.53. The van der Waals surface area contributed by atoms with Crippen molar-refractivity contribution < 1.29 is 23.9 Å². The molecular weight excluding hydrogens is 394 g/mol. The number of nitrogens with zero attached hydrogens (tertiary/aromatic N) is 1. The third-order valence-corrected chi connectivity index (χ3v) is 5.85. The number of hydrogen-bond donors (Lipinski definition) is 0. The highest BCUT2D eigenvalue weighted by molar-refractivity contribution is 6.30. The van der Waals surface area contributed by atoms with Crippen LogP contribution in [-0.2, 0) is 23.9 Å². The van der Waals surface area contributed by atoms with Gasteiger partial charge in [0.25, 0.3) is 0 Å². The van der Waals surface area contributed by atoms with E-state index in [2.05, 4.69) is 4.99 Å². The van der Waals surface area contributed by atoms with Gasteiger partial charge in [-0.2, -0.15) is 0 Å². The number of ketones is 1. The Morgan fingerprint density at radius 3 is 2.45 bits per heavy atom. The number of esters is 2. The van der Waals surface area contributed by atoms with E-state index in [1.54, 1.807) is 38.1 Å². The Bertz CT molecular complexity index is 902. The van der Waals surface area contributed by atoms with Crippen LogP contribution in [-0.4, -0.2) is 37.2 Å². The zero-order valence-corrected chi connectivity index (χ0v) is 17.7. The zero-order valence-electron chi connectivity index (χ0n) is 16.9. The van der Waals surface area contributed by atoms with E-state index in [1.807, 2.05) is 6.92 Å². The molecule has 1 aromatic carbocycles. The molecule has 1 saturated carbocycles. The van der Waals surface area contributed by atoms with Crippen LogP contribution in [0, 0.1) is 17.8 Å². The van der Waals surface area contributed by atoms with Crippen molar-refractivity contribution in [2.45, 2.75) is 33.1 Å². The molecule has 1 aliphatic carbocycles. The first kappa shape index (κ1) is 21.2. The third-order valence-electron chi connectivity index (χ3n) is 5.60. The molecule has 0 amide bonds. The molecule has 0 spiro atoms. The maximum Gasteiger partial charge on any atom is 0.336 e. The first-order valence-corrected chi connectivity index (χ1v) is 10.00. The Balaban J connectivity index is 2.17. The maximum absolute atomic E-state index is 13.5. The highest BCUT2D eigenvalue weighted by atomic mass is 35.5. The molecule has 0 saturated heterocycles. The minimum absolute atomic E-state index is 0.208. The normalized spacial score (nSPS) is 26.5. The Morgan fingerprint density at radius 1 is 1.21 bits per heavy atom. The van der Waals surface area contributed by atoms with Gasteiger partial charge in [0.1, 0.15) is 5.92 Å². The summed E-state index contributed by atoms with van der Waals surface area (Å²) >= 11 is 6.04. The van der Waals surface area contributed by atoms with Gasteiger partial charge in [0.2, 0.25) is 0 Å². The summed E-state index contributed by atoms with van der Waals surface area (Å²) in [7, 11) is 1.28. The third kappa shape index (κ3) is 3.86. The number of Topliss-reactive ketones (excluding diaryl/α,β-unsaturated/α-hetero) is 1. The molecule has 29 heavy (non-hydrogen) atoms. The molecule has 3 rings (SSSR count). The number of ether oxygens (including phenoxy) is 2. The molecule has 0 unspecified atom stereocenters. The summed E-state index contributed by atoms with van der Waals surface area (Å²) < 4.78 is 10.1. The Kier molecular flexibility index (Phi) is 6.22. The predicted molar refractivity (Wildman–Crippen MR) is 109 cm³/mol. The average Bonchev–Trinajstić information content (AvgIpc) is 2.67. The zero-order chi connectivity index (χ0) is 21.3. The highest BCUT2D eigenvalue weighted by Crippen LogP contribution is 2.45. The van der Waals surface area contributed by atoms with Gasteiger partial charge < -0.3 is 9.47 Å². The number of hydrogen-bond acceptors (Lipinski definition) is 6. The van der Waals surface area contributed by atoms with Crippen molar-refractivity contribution in [3.05, 3.63) is 46.1 Å². The minimum Gasteiger partial charge on any atom is -0.468 e. The molecule has 1 fully saturated rings. The van der Waals surface area contributed by atoms with Gasteiger partial charge in [0.05, 0.1) is 25.2 Å². The van der Waals surface area contributed by atoms with Crippen molar-refractivity contribution in [1.29, 1.82) is 0 Å². The van der Waals surface area contributed by atoms with Crippen molar-refractivity contribution in [2.24, 2.45) is 22.7 Å². The molecule has 0 aromatic heterocycles. The van der Waals surface area contributed by atoms with Crippen LogP contribution in [0.1, 0.15) is 38.7 Å². The lowest BCUT2D eigenvalue weighted by molar-refractivity contribution is -0.152. The smallest absolute Gasteiger partial charge is 0.336 e. The van der Waals surface area contributed by atoms with E-state index in [0.29, 0.717) is 28.4 Å². The summed E-state index contributed by atoms with van der Waals surface area (Å²) in [5.74, 6) is -3.77. The Labute approximate surface area is 174 Å². The number of carbonyl (C=O) groups excluding carboxylic acids is 3. The molecule has 1 aromatic rings. The summed E-state index contributed by atoms with van der Waals surface area (Å²) in [6, 6.07) is 7.02. The Morgan fingerprint density at radius 2 is 1.86 bits per heavy atom. The summed E-state index contributed by atoms with van der Waals surface area (Å²) in [5, 5.41) is 0.549. The van der Waals surface area contributed by atoms with E-state index in [4.69, 9.17) is 21.1 Å². The minimum atomic E-state index is -0.888. The summed E-state index contributed by atoms with van der Waals surface area (Å²) in [6.07, 6.45) is 0.480. The molecule has 1 aliphatic heterocycles. The van der Waals surface area contributed by atoms with Crippen LogP contribution in [0.3, 0.4) is 0 Å². The van der Waals surface area contributed by atoms with Gasteiger partial charge in [-0.25, -0.2) is 4.79 Å². The van der Waals surface area contributed by atoms with Gasteiger partial charge >= 0.3 is 11.9 Å².